The van der Waals surface area contributed by atoms with E-state index in [0.717, 1.165) is 49.4 Å². The molecule has 0 spiro atoms. The molecule has 0 fully saturated rings. The van der Waals surface area contributed by atoms with Crippen LogP contribution < -0.4 is 4.90 Å². The highest BCUT2D eigenvalue weighted by molar-refractivity contribution is 7.99. The van der Waals surface area contributed by atoms with Crippen molar-refractivity contribution >= 4 is 71.0 Å². The molecule has 5 heteroatoms. The lowest BCUT2D eigenvalue weighted by atomic mass is 9.94. The Hall–Kier alpha value is -4.58. The average Bonchev–Trinajstić information content (AvgIpc) is 3.03. The number of anilines is 3. The fraction of sp³-hybridized carbons (Fsp3) is 0. The third-order valence-electron chi connectivity index (χ3n) is 7.85. The first-order valence-corrected chi connectivity index (χ1v) is 15.7. The number of para-hydroxylation sites is 2. The van der Waals surface area contributed by atoms with Gasteiger partial charge in [-0.1, -0.05) is 90.6 Å². The maximum Gasteiger partial charge on any atom is 0.206 e. The number of fused-ring (bicyclic) bond motifs is 8. The number of hydrogen-bond acceptors (Lipinski definition) is 4. The Morgan fingerprint density at radius 1 is 0.439 bits per heavy atom. The molecule has 0 amide bonds. The maximum atomic E-state index is 13.5. The van der Waals surface area contributed by atoms with Crippen molar-refractivity contribution in [2.24, 2.45) is 0 Å². The molecule has 196 valence electrons. The van der Waals surface area contributed by atoms with Gasteiger partial charge in [0.25, 0.3) is 0 Å². The Bertz CT molecular complexity index is 2190. The van der Waals surface area contributed by atoms with E-state index < -0.39 is 9.84 Å². The third-order valence-corrected chi connectivity index (χ3v) is 10.7. The minimum atomic E-state index is -3.64. The summed E-state index contributed by atoms with van der Waals surface area (Å²) < 4.78 is 27.0. The van der Waals surface area contributed by atoms with Crippen LogP contribution in [-0.4, -0.2) is 8.42 Å². The van der Waals surface area contributed by atoms with E-state index in [-0.39, 0.29) is 0 Å². The fourth-order valence-electron chi connectivity index (χ4n) is 5.95. The molecular weight excluding hydrogens is 543 g/mol. The van der Waals surface area contributed by atoms with Gasteiger partial charge >= 0.3 is 0 Å². The highest BCUT2D eigenvalue weighted by atomic mass is 32.2. The Balaban J connectivity index is 1.38. The van der Waals surface area contributed by atoms with Crippen LogP contribution in [0.1, 0.15) is 0 Å². The lowest BCUT2D eigenvalue weighted by Gasteiger charge is -2.33. The lowest BCUT2D eigenvalue weighted by Crippen LogP contribution is -2.14. The summed E-state index contributed by atoms with van der Waals surface area (Å²) in [5.74, 6) is 0. The lowest BCUT2D eigenvalue weighted by molar-refractivity contribution is 0.596. The van der Waals surface area contributed by atoms with Crippen molar-refractivity contribution in [3.8, 4) is 0 Å². The number of rotatable bonds is 3. The van der Waals surface area contributed by atoms with Gasteiger partial charge in [-0.15, -0.1) is 0 Å². The van der Waals surface area contributed by atoms with Gasteiger partial charge < -0.3 is 4.90 Å². The van der Waals surface area contributed by atoms with Gasteiger partial charge in [-0.25, -0.2) is 8.42 Å². The van der Waals surface area contributed by atoms with Crippen molar-refractivity contribution in [3.63, 3.8) is 0 Å². The summed E-state index contributed by atoms with van der Waals surface area (Å²) >= 11 is 1.80. The van der Waals surface area contributed by atoms with Crippen molar-refractivity contribution in [2.45, 2.75) is 19.6 Å². The van der Waals surface area contributed by atoms with Gasteiger partial charge in [0.05, 0.1) is 21.2 Å². The van der Waals surface area contributed by atoms with Gasteiger partial charge in [0.2, 0.25) is 9.84 Å². The average molecular weight is 566 g/mol. The molecule has 0 radical (unpaired) electrons. The Morgan fingerprint density at radius 3 is 1.61 bits per heavy atom. The molecule has 41 heavy (non-hydrogen) atoms. The Kier molecular flexibility index (Phi) is 5.46. The molecule has 7 aromatic rings. The van der Waals surface area contributed by atoms with Gasteiger partial charge in [0.15, 0.2) is 0 Å². The highest BCUT2D eigenvalue weighted by Gasteiger charge is 2.25. The minimum Gasteiger partial charge on any atom is -0.308 e. The molecule has 1 heterocycles. The summed E-state index contributed by atoms with van der Waals surface area (Å²) in [6.07, 6.45) is 0. The van der Waals surface area contributed by atoms with Crippen molar-refractivity contribution in [1.82, 2.24) is 0 Å². The summed E-state index contributed by atoms with van der Waals surface area (Å²) in [5, 5.41) is 6.33. The quantitative estimate of drug-likeness (QED) is 0.200. The standard InChI is InChI=1S/C36H23NO2S2/c38-41(39,25-10-2-1-3-11-25)26-19-21-30-29-20-18-24(22-31(29)27-12-4-5-13-28(27)32(30)23-26)37-33-14-6-8-16-35(33)40-36-17-9-7-15-34(36)37/h1-23H. The third kappa shape index (κ3) is 3.77. The minimum absolute atomic E-state index is 0.300. The van der Waals surface area contributed by atoms with Gasteiger partial charge in [-0.05, 0) is 93.0 Å². The van der Waals surface area contributed by atoms with Crippen LogP contribution in [0.15, 0.2) is 159 Å². The Labute approximate surface area is 242 Å². The van der Waals surface area contributed by atoms with Crippen LogP contribution in [0.5, 0.6) is 0 Å². The van der Waals surface area contributed by atoms with Crippen LogP contribution >= 0.6 is 11.8 Å². The largest absolute Gasteiger partial charge is 0.308 e. The van der Waals surface area contributed by atoms with Gasteiger partial charge in [0, 0.05) is 15.5 Å². The van der Waals surface area contributed by atoms with Crippen LogP contribution in [0.25, 0.3) is 32.3 Å². The van der Waals surface area contributed by atoms with Crippen LogP contribution in [0.4, 0.5) is 17.1 Å². The number of sulfone groups is 1. The predicted octanol–water partition coefficient (Wildman–Crippen LogP) is 9.91. The molecule has 0 unspecified atom stereocenters. The smallest absolute Gasteiger partial charge is 0.206 e. The maximum absolute atomic E-state index is 13.5. The van der Waals surface area contributed by atoms with Crippen molar-refractivity contribution in [2.75, 3.05) is 4.90 Å². The van der Waals surface area contributed by atoms with E-state index in [1.807, 2.05) is 30.3 Å². The van der Waals surface area contributed by atoms with E-state index in [2.05, 4.69) is 83.8 Å². The molecule has 8 rings (SSSR count). The zero-order valence-corrected chi connectivity index (χ0v) is 23.5. The summed E-state index contributed by atoms with van der Waals surface area (Å²) in [5.41, 5.74) is 3.42. The molecule has 0 aliphatic carbocycles. The van der Waals surface area contributed by atoms with Crippen molar-refractivity contribution < 1.29 is 8.42 Å². The molecule has 7 aromatic carbocycles. The second kappa shape index (κ2) is 9.23. The fourth-order valence-corrected chi connectivity index (χ4v) is 8.31. The predicted molar refractivity (Wildman–Crippen MR) is 170 cm³/mol. The Morgan fingerprint density at radius 2 is 0.951 bits per heavy atom. The zero-order valence-electron chi connectivity index (χ0n) is 21.9. The summed E-state index contributed by atoms with van der Waals surface area (Å²) in [6, 6.07) is 46.1. The number of hydrogen-bond donors (Lipinski definition) is 0. The van der Waals surface area contributed by atoms with Crippen molar-refractivity contribution in [3.05, 3.63) is 140 Å². The van der Waals surface area contributed by atoms with Crippen LogP contribution in [0.3, 0.4) is 0 Å². The molecule has 1 aliphatic rings. The summed E-state index contributed by atoms with van der Waals surface area (Å²) in [6.45, 7) is 0. The molecule has 0 bridgehead atoms. The molecule has 0 N–H and O–H groups in total. The molecule has 3 nitrogen and oxygen atoms in total. The first kappa shape index (κ1) is 24.2. The zero-order chi connectivity index (χ0) is 27.6. The van der Waals surface area contributed by atoms with Gasteiger partial charge in [-0.2, -0.15) is 0 Å². The molecule has 0 saturated heterocycles. The normalized spacial score (nSPS) is 12.9. The highest BCUT2D eigenvalue weighted by Crippen LogP contribution is 2.51. The molecular formula is C36H23NO2S2. The van der Waals surface area contributed by atoms with Gasteiger partial charge in [0.1, 0.15) is 0 Å². The van der Waals surface area contributed by atoms with Gasteiger partial charge in [-0.3, -0.25) is 0 Å². The number of nitrogens with zero attached hydrogens (tertiary/aromatic N) is 1. The van der Waals surface area contributed by atoms with E-state index >= 15 is 0 Å². The molecule has 1 aliphatic heterocycles. The van der Waals surface area contributed by atoms with E-state index in [0.29, 0.717) is 9.79 Å². The second-order valence-electron chi connectivity index (χ2n) is 10.2. The van der Waals surface area contributed by atoms with Crippen LogP contribution in [0, 0.1) is 0 Å². The van der Waals surface area contributed by atoms with E-state index in [9.17, 15) is 8.42 Å². The topological polar surface area (TPSA) is 37.4 Å². The van der Waals surface area contributed by atoms with Crippen LogP contribution in [-0.2, 0) is 9.84 Å². The van der Waals surface area contributed by atoms with E-state index in [4.69, 9.17) is 0 Å². The van der Waals surface area contributed by atoms with E-state index in [1.54, 1.807) is 42.1 Å². The second-order valence-corrected chi connectivity index (χ2v) is 13.2. The van der Waals surface area contributed by atoms with Crippen molar-refractivity contribution in [1.29, 1.82) is 0 Å². The summed E-state index contributed by atoms with van der Waals surface area (Å²) in [4.78, 5) is 5.39. The number of benzene rings is 7. The van der Waals surface area contributed by atoms with Crippen LogP contribution in [0.2, 0.25) is 0 Å². The monoisotopic (exact) mass is 565 g/mol. The first-order chi connectivity index (χ1) is 20.1. The summed E-state index contributed by atoms with van der Waals surface area (Å²) in [7, 11) is -3.64. The molecule has 0 atom stereocenters. The first-order valence-electron chi connectivity index (χ1n) is 13.4. The SMILES string of the molecule is O=S(=O)(c1ccccc1)c1ccc2c3ccc(N4c5ccccc5Sc5ccccc54)cc3c3ccccc3c2c1. The van der Waals surface area contributed by atoms with E-state index in [1.165, 1.54) is 9.79 Å². The molecule has 0 aromatic heterocycles. The molecule has 0 saturated carbocycles.